The van der Waals surface area contributed by atoms with E-state index in [1.54, 1.807) is 12.3 Å². The topological polar surface area (TPSA) is 39.6 Å². The van der Waals surface area contributed by atoms with Crippen LogP contribution >= 0.6 is 0 Å². The Bertz CT molecular complexity index is 418. The standard InChI is InChI=1S/C14H22FN3O.C2H6/c1-11(2)12-9-13(15)14(16-10-12)18-5-3-17(4-6-18)7-8-19;1-2/h9-11,19H,3-8H2,1-2H3;1-2H3. The molecule has 0 aliphatic carbocycles. The first-order valence-electron chi connectivity index (χ1n) is 7.85. The molecule has 1 aliphatic rings. The van der Waals surface area contributed by atoms with Gasteiger partial charge in [-0.25, -0.2) is 9.37 Å². The molecule has 0 bridgehead atoms. The van der Waals surface area contributed by atoms with Crippen LogP contribution in [-0.4, -0.2) is 54.3 Å². The van der Waals surface area contributed by atoms with Crippen molar-refractivity contribution in [2.45, 2.75) is 33.6 Å². The van der Waals surface area contributed by atoms with E-state index in [1.807, 2.05) is 32.6 Å². The quantitative estimate of drug-likeness (QED) is 0.927. The van der Waals surface area contributed by atoms with Crippen molar-refractivity contribution in [3.8, 4) is 0 Å². The number of hydrogen-bond acceptors (Lipinski definition) is 4. The summed E-state index contributed by atoms with van der Waals surface area (Å²) in [5.41, 5.74) is 0.931. The lowest BCUT2D eigenvalue weighted by Gasteiger charge is -2.35. The third-order valence-electron chi connectivity index (χ3n) is 3.60. The van der Waals surface area contributed by atoms with Gasteiger partial charge in [0.05, 0.1) is 6.61 Å². The normalized spacial score (nSPS) is 15.9. The van der Waals surface area contributed by atoms with Crippen LogP contribution in [0.4, 0.5) is 10.2 Å². The molecule has 1 aromatic heterocycles. The predicted molar refractivity (Wildman–Crippen MR) is 85.4 cm³/mol. The van der Waals surface area contributed by atoms with E-state index in [4.69, 9.17) is 5.11 Å². The van der Waals surface area contributed by atoms with Gasteiger partial charge in [-0.15, -0.1) is 0 Å². The lowest BCUT2D eigenvalue weighted by molar-refractivity contribution is 0.188. The van der Waals surface area contributed by atoms with Gasteiger partial charge < -0.3 is 10.0 Å². The summed E-state index contributed by atoms with van der Waals surface area (Å²) in [5, 5.41) is 8.90. The maximum Gasteiger partial charge on any atom is 0.165 e. The molecule has 0 spiro atoms. The van der Waals surface area contributed by atoms with E-state index in [9.17, 15) is 4.39 Å². The number of anilines is 1. The molecule has 0 amide bonds. The smallest absolute Gasteiger partial charge is 0.165 e. The van der Waals surface area contributed by atoms with Crippen LogP contribution in [0.3, 0.4) is 0 Å². The molecule has 0 radical (unpaired) electrons. The highest BCUT2D eigenvalue weighted by Gasteiger charge is 2.20. The molecule has 1 fully saturated rings. The zero-order valence-electron chi connectivity index (χ0n) is 13.6. The van der Waals surface area contributed by atoms with E-state index in [0.717, 1.165) is 31.7 Å². The number of aliphatic hydroxyl groups is 1. The summed E-state index contributed by atoms with van der Waals surface area (Å²) in [6.07, 6.45) is 1.77. The van der Waals surface area contributed by atoms with Crippen LogP contribution in [0.15, 0.2) is 12.3 Å². The summed E-state index contributed by atoms with van der Waals surface area (Å²) in [5.74, 6) is 0.507. The molecule has 1 saturated heterocycles. The zero-order chi connectivity index (χ0) is 15.8. The van der Waals surface area contributed by atoms with E-state index in [-0.39, 0.29) is 18.3 Å². The first kappa shape index (κ1) is 17.9. The Morgan fingerprint density at radius 1 is 1.24 bits per heavy atom. The largest absolute Gasteiger partial charge is 0.395 e. The van der Waals surface area contributed by atoms with Gasteiger partial charge in [0.25, 0.3) is 0 Å². The SMILES string of the molecule is CC.CC(C)c1cnc(N2CCN(CCO)CC2)c(F)c1. The molecule has 5 heteroatoms. The highest BCUT2D eigenvalue weighted by molar-refractivity contribution is 5.42. The summed E-state index contributed by atoms with van der Waals surface area (Å²) in [6.45, 7) is 12.1. The number of pyridine rings is 1. The van der Waals surface area contributed by atoms with Crippen LogP contribution in [0.1, 0.15) is 39.2 Å². The molecule has 1 N–H and O–H groups in total. The average Bonchev–Trinajstić information content (AvgIpc) is 2.50. The Balaban J connectivity index is 0.00000106. The highest BCUT2D eigenvalue weighted by atomic mass is 19.1. The number of piperazine rings is 1. The van der Waals surface area contributed by atoms with Crippen molar-refractivity contribution in [1.82, 2.24) is 9.88 Å². The van der Waals surface area contributed by atoms with Crippen LogP contribution in [0.25, 0.3) is 0 Å². The van der Waals surface area contributed by atoms with Gasteiger partial charge in [-0.3, -0.25) is 4.90 Å². The van der Waals surface area contributed by atoms with E-state index >= 15 is 0 Å². The minimum atomic E-state index is -0.234. The minimum absolute atomic E-state index is 0.176. The minimum Gasteiger partial charge on any atom is -0.395 e. The van der Waals surface area contributed by atoms with Gasteiger partial charge in [0.1, 0.15) is 0 Å². The van der Waals surface area contributed by atoms with E-state index in [0.29, 0.717) is 12.4 Å². The van der Waals surface area contributed by atoms with Crippen molar-refractivity contribution < 1.29 is 9.50 Å². The molecule has 2 rings (SSSR count). The lowest BCUT2D eigenvalue weighted by atomic mass is 10.1. The van der Waals surface area contributed by atoms with Gasteiger partial charge >= 0.3 is 0 Å². The first-order valence-corrected chi connectivity index (χ1v) is 7.85. The number of nitrogens with zero attached hydrogens (tertiary/aromatic N) is 3. The Kier molecular flexibility index (Phi) is 7.61. The van der Waals surface area contributed by atoms with Gasteiger partial charge in [0.15, 0.2) is 11.6 Å². The second kappa shape index (κ2) is 8.95. The summed E-state index contributed by atoms with van der Waals surface area (Å²) >= 11 is 0. The highest BCUT2D eigenvalue weighted by Crippen LogP contribution is 2.22. The van der Waals surface area contributed by atoms with Gasteiger partial charge in [-0.1, -0.05) is 27.7 Å². The third-order valence-corrected chi connectivity index (χ3v) is 3.60. The number of aliphatic hydroxyl groups excluding tert-OH is 1. The molecular formula is C16H28FN3O. The number of β-amino-alcohol motifs (C(OH)–C–C–N with tert-alkyl or cyclic N) is 1. The van der Waals surface area contributed by atoms with Crippen LogP contribution in [-0.2, 0) is 0 Å². The Morgan fingerprint density at radius 2 is 1.86 bits per heavy atom. The monoisotopic (exact) mass is 297 g/mol. The van der Waals surface area contributed by atoms with Gasteiger partial charge in [-0.2, -0.15) is 0 Å². The second-order valence-electron chi connectivity index (χ2n) is 5.28. The molecule has 0 saturated carbocycles. The molecule has 120 valence electrons. The van der Waals surface area contributed by atoms with Crippen LogP contribution < -0.4 is 4.90 Å². The van der Waals surface area contributed by atoms with Crippen molar-refractivity contribution in [3.63, 3.8) is 0 Å². The number of hydrogen-bond donors (Lipinski definition) is 1. The fraction of sp³-hybridized carbons (Fsp3) is 0.688. The third kappa shape index (κ3) is 4.93. The van der Waals surface area contributed by atoms with Crippen molar-refractivity contribution in [2.24, 2.45) is 0 Å². The van der Waals surface area contributed by atoms with E-state index < -0.39 is 0 Å². The van der Waals surface area contributed by atoms with E-state index in [2.05, 4.69) is 9.88 Å². The molecule has 0 atom stereocenters. The molecule has 1 aliphatic heterocycles. The molecule has 21 heavy (non-hydrogen) atoms. The molecule has 0 unspecified atom stereocenters. The fourth-order valence-electron chi connectivity index (χ4n) is 2.32. The average molecular weight is 297 g/mol. The van der Waals surface area contributed by atoms with Gasteiger partial charge in [0.2, 0.25) is 0 Å². The maximum atomic E-state index is 14.1. The summed E-state index contributed by atoms with van der Waals surface area (Å²) in [4.78, 5) is 8.43. The molecule has 0 aromatic carbocycles. The summed E-state index contributed by atoms with van der Waals surface area (Å²) in [6, 6.07) is 1.59. The number of halogens is 1. The van der Waals surface area contributed by atoms with Gasteiger partial charge in [-0.05, 0) is 17.5 Å². The lowest BCUT2D eigenvalue weighted by Crippen LogP contribution is -2.47. The summed E-state index contributed by atoms with van der Waals surface area (Å²) < 4.78 is 14.1. The Labute approximate surface area is 127 Å². The van der Waals surface area contributed by atoms with Crippen LogP contribution in [0.2, 0.25) is 0 Å². The maximum absolute atomic E-state index is 14.1. The Hall–Kier alpha value is -1.20. The number of aromatic nitrogens is 1. The fourth-order valence-corrected chi connectivity index (χ4v) is 2.32. The first-order chi connectivity index (χ1) is 10.1. The second-order valence-corrected chi connectivity index (χ2v) is 5.28. The van der Waals surface area contributed by atoms with Gasteiger partial charge in [0, 0.05) is 38.9 Å². The molecule has 4 nitrogen and oxygen atoms in total. The van der Waals surface area contributed by atoms with Crippen LogP contribution in [0.5, 0.6) is 0 Å². The van der Waals surface area contributed by atoms with Crippen molar-refractivity contribution in [2.75, 3.05) is 44.2 Å². The molecular weight excluding hydrogens is 269 g/mol. The van der Waals surface area contributed by atoms with Crippen molar-refractivity contribution >= 4 is 5.82 Å². The van der Waals surface area contributed by atoms with Crippen LogP contribution in [0, 0.1) is 5.82 Å². The molecule has 1 aromatic rings. The Morgan fingerprint density at radius 3 is 2.33 bits per heavy atom. The van der Waals surface area contributed by atoms with Crippen molar-refractivity contribution in [1.29, 1.82) is 0 Å². The van der Waals surface area contributed by atoms with E-state index in [1.165, 1.54) is 0 Å². The number of rotatable bonds is 4. The zero-order valence-corrected chi connectivity index (χ0v) is 13.6. The molecule has 2 heterocycles. The predicted octanol–water partition coefficient (Wildman–Crippen LogP) is 2.48. The summed E-state index contributed by atoms with van der Waals surface area (Å²) in [7, 11) is 0. The van der Waals surface area contributed by atoms with Crippen molar-refractivity contribution in [3.05, 3.63) is 23.6 Å².